The smallest absolute Gasteiger partial charge is 0.00366 e. The van der Waals surface area contributed by atoms with Crippen LogP contribution in [0, 0.1) is 10.1 Å². The van der Waals surface area contributed by atoms with Gasteiger partial charge in [-0.2, -0.15) is 0 Å². The molecule has 0 spiro atoms. The van der Waals surface area contributed by atoms with Crippen molar-refractivity contribution in [2.24, 2.45) is 0 Å². The molecule has 0 aliphatic carbocycles. The standard InChI is InChI=1S/B.HNO2/c;2-1-3/h;1H. The van der Waals surface area contributed by atoms with Crippen molar-refractivity contribution in [3.63, 3.8) is 0 Å². The Bertz CT molecular complexity index is 13.5. The minimum atomic E-state index is 0. The molecule has 3 nitrogen and oxygen atoms in total. The van der Waals surface area contributed by atoms with Crippen LogP contribution in [0.2, 0.25) is 0 Å². The molecule has 0 atom stereocenters. The average molecular weight is 57.8 g/mol. The van der Waals surface area contributed by atoms with E-state index < -0.39 is 0 Å². The van der Waals surface area contributed by atoms with Gasteiger partial charge < -0.3 is 0 Å². The van der Waals surface area contributed by atoms with Crippen molar-refractivity contribution in [3.05, 3.63) is 10.1 Å². The van der Waals surface area contributed by atoms with Gasteiger partial charge in [0.15, 0.2) is 0 Å². The molecule has 0 amide bonds. The van der Waals surface area contributed by atoms with E-state index in [9.17, 15) is 0 Å². The van der Waals surface area contributed by atoms with E-state index in [2.05, 4.69) is 0 Å². The monoisotopic (exact) mass is 58.0 g/mol. The zero-order valence-electron chi connectivity index (χ0n) is 1.89. The van der Waals surface area contributed by atoms with Gasteiger partial charge in [-0.3, -0.25) is 10.1 Å². The Morgan fingerprint density at radius 3 is 1.75 bits per heavy atom. The summed E-state index contributed by atoms with van der Waals surface area (Å²) in [7, 11) is 0. The first-order chi connectivity index (χ1) is 1.41. The second-order valence-electron chi connectivity index (χ2n) is 0.0833. The SMILES string of the molecule is O=[NH+][O-].[B]. The van der Waals surface area contributed by atoms with Gasteiger partial charge in [0.25, 0.3) is 0 Å². The zero-order chi connectivity index (χ0) is 2.71. The minimum Gasteiger partial charge on any atom is -0.267 e. The van der Waals surface area contributed by atoms with Crippen LogP contribution in [0.4, 0.5) is 0 Å². The summed E-state index contributed by atoms with van der Waals surface area (Å²) in [4.78, 5) is 8.12. The maximum atomic E-state index is 8.12. The molecule has 0 saturated heterocycles. The van der Waals surface area contributed by atoms with E-state index in [0.717, 1.165) is 0 Å². The lowest BCUT2D eigenvalue weighted by atomic mass is 10.8. The molecule has 0 aliphatic rings. The molecule has 0 heterocycles. The van der Waals surface area contributed by atoms with E-state index in [1.807, 2.05) is 0 Å². The molecule has 0 unspecified atom stereocenters. The molecule has 4 heavy (non-hydrogen) atoms. The van der Waals surface area contributed by atoms with Crippen molar-refractivity contribution in [1.82, 2.24) is 0 Å². The molecule has 3 radical (unpaired) electrons. The van der Waals surface area contributed by atoms with E-state index in [-0.39, 0.29) is 13.8 Å². The van der Waals surface area contributed by atoms with Crippen molar-refractivity contribution in [3.8, 4) is 0 Å². The third-order valence-corrected chi connectivity index (χ3v) is 0. The second-order valence-corrected chi connectivity index (χ2v) is 0.0833. The topological polar surface area (TPSA) is 54.1 Å². The van der Waals surface area contributed by atoms with E-state index in [1.165, 1.54) is 0 Å². The van der Waals surface area contributed by atoms with Crippen molar-refractivity contribution >= 4 is 8.41 Å². The highest BCUT2D eigenvalue weighted by molar-refractivity contribution is 5.75. The number of rotatable bonds is 0. The Balaban J connectivity index is 0. The van der Waals surface area contributed by atoms with Crippen LogP contribution in [-0.2, 0) is 0 Å². The van der Waals surface area contributed by atoms with E-state index in [1.54, 1.807) is 0 Å². The van der Waals surface area contributed by atoms with Crippen LogP contribution in [0.1, 0.15) is 0 Å². The second kappa shape index (κ2) is 24.5. The van der Waals surface area contributed by atoms with Crippen LogP contribution < -0.4 is 5.34 Å². The van der Waals surface area contributed by atoms with Crippen LogP contribution in [0.15, 0.2) is 0 Å². The summed E-state index contributed by atoms with van der Waals surface area (Å²) in [6, 6.07) is 0. The predicted molar refractivity (Wildman–Crippen MR) is 13.5 cm³/mol. The Morgan fingerprint density at radius 1 is 1.75 bits per heavy atom. The van der Waals surface area contributed by atoms with Gasteiger partial charge in [0.05, 0.1) is 0 Å². The molecular formula is HBNO2. The Kier molecular flexibility index (Phi) is 60.0. The molecule has 4 heteroatoms. The largest absolute Gasteiger partial charge is 0.267 e. The Morgan fingerprint density at radius 2 is 1.75 bits per heavy atom. The fourth-order valence-corrected chi connectivity index (χ4v) is 0. The molecule has 0 rings (SSSR count). The van der Waals surface area contributed by atoms with Crippen molar-refractivity contribution in [2.75, 3.05) is 0 Å². The Labute approximate surface area is 25.1 Å². The van der Waals surface area contributed by atoms with Crippen LogP contribution in [0.3, 0.4) is 0 Å². The predicted octanol–water partition coefficient (Wildman–Crippen LogP) is -2.05. The first-order valence-electron chi connectivity index (χ1n) is 0.408. The minimum absolute atomic E-state index is 0. The van der Waals surface area contributed by atoms with Gasteiger partial charge in [-0.05, 0) is 0 Å². The van der Waals surface area contributed by atoms with Crippen LogP contribution in [0.5, 0.6) is 0 Å². The number of hydrogen-bond acceptors (Lipinski definition) is 2. The van der Waals surface area contributed by atoms with Gasteiger partial charge in [-0.1, -0.05) is 0 Å². The lowest BCUT2D eigenvalue weighted by Gasteiger charge is -1.36. The number of nitrogens with one attached hydrogen (secondary N) is 1. The van der Waals surface area contributed by atoms with Crippen LogP contribution in [-0.4, -0.2) is 8.41 Å². The maximum absolute atomic E-state index is 8.12. The zero-order valence-corrected chi connectivity index (χ0v) is 1.89. The van der Waals surface area contributed by atoms with E-state index in [0.29, 0.717) is 0 Å². The van der Waals surface area contributed by atoms with Gasteiger partial charge in [0.1, 0.15) is 0 Å². The summed E-state index contributed by atoms with van der Waals surface area (Å²) in [5.74, 6) is 0. The fraction of sp³-hybridized carbons (Fsp3) is 0. The first-order valence-corrected chi connectivity index (χ1v) is 0.408. The lowest BCUT2D eigenvalue weighted by Crippen LogP contribution is -2.53. The molecule has 21 valence electrons. The summed E-state index contributed by atoms with van der Waals surface area (Å²) in [5.41, 5.74) is 0. The Hall–Kier alpha value is -0.535. The van der Waals surface area contributed by atoms with Crippen molar-refractivity contribution in [1.29, 1.82) is 0 Å². The molecule has 0 aliphatic heterocycles. The molecular weight excluding hydrogens is 56.8 g/mol. The van der Waals surface area contributed by atoms with Gasteiger partial charge in [0.2, 0.25) is 0 Å². The van der Waals surface area contributed by atoms with Gasteiger partial charge >= 0.3 is 0 Å². The summed E-state index contributed by atoms with van der Waals surface area (Å²) in [6.45, 7) is 0. The van der Waals surface area contributed by atoms with Gasteiger partial charge in [-0.25, -0.2) is 0 Å². The van der Waals surface area contributed by atoms with E-state index >= 15 is 0 Å². The summed E-state index contributed by atoms with van der Waals surface area (Å²) < 4.78 is 0. The van der Waals surface area contributed by atoms with Crippen LogP contribution in [0.25, 0.3) is 0 Å². The quantitative estimate of drug-likeness (QED) is 0.198. The van der Waals surface area contributed by atoms with Gasteiger partial charge in [-0.15, -0.1) is 0 Å². The normalized spacial score (nSPS) is 3.00. The molecule has 0 aromatic heterocycles. The average Bonchev–Trinajstić information content (AvgIpc) is 0.918. The maximum Gasteiger partial charge on any atom is 0.00366 e. The summed E-state index contributed by atoms with van der Waals surface area (Å²) in [6.07, 6.45) is 0. The first kappa shape index (κ1) is 9.81. The third-order valence-electron chi connectivity index (χ3n) is 0. The van der Waals surface area contributed by atoms with Gasteiger partial charge in [0, 0.05) is 13.8 Å². The molecule has 0 saturated carbocycles. The lowest BCUT2D eigenvalue weighted by molar-refractivity contribution is -0.398. The van der Waals surface area contributed by atoms with Crippen LogP contribution >= 0.6 is 0 Å². The molecule has 0 fully saturated rings. The molecule has 1 N–H and O–H groups in total. The third kappa shape index (κ3) is 1.11. The molecule has 0 aromatic carbocycles. The number of hydrogen-bond donors (Lipinski definition) is 1. The fourth-order valence-electron chi connectivity index (χ4n) is 0. The molecule has 0 aromatic rings. The van der Waals surface area contributed by atoms with E-state index in [4.69, 9.17) is 10.1 Å². The highest BCUT2D eigenvalue weighted by Crippen LogP contribution is 0.618. The molecule has 0 bridgehead atoms. The summed E-state index contributed by atoms with van der Waals surface area (Å²) >= 11 is 0. The highest BCUT2D eigenvalue weighted by Gasteiger charge is 1.10. The van der Waals surface area contributed by atoms with Crippen molar-refractivity contribution < 1.29 is 5.34 Å². The van der Waals surface area contributed by atoms with Crippen molar-refractivity contribution in [2.45, 2.75) is 0 Å². The summed E-state index contributed by atoms with van der Waals surface area (Å²) in [5, 5.41) is 8.38. The highest BCUT2D eigenvalue weighted by atomic mass is 16.6.